The molecule has 0 aromatic heterocycles. The molecule has 2 aromatic rings. The fourth-order valence-corrected chi connectivity index (χ4v) is 2.59. The van der Waals surface area contributed by atoms with Crippen molar-refractivity contribution in [1.82, 2.24) is 10.2 Å². The zero-order chi connectivity index (χ0) is 16.1. The third-order valence-corrected chi connectivity index (χ3v) is 3.91. The van der Waals surface area contributed by atoms with Gasteiger partial charge in [0.05, 0.1) is 5.56 Å². The second kappa shape index (κ2) is 7.51. The second-order valence-corrected chi connectivity index (χ2v) is 6.17. The highest BCUT2D eigenvalue weighted by molar-refractivity contribution is 9.10. The van der Waals surface area contributed by atoms with Crippen LogP contribution in [0.25, 0.3) is 0 Å². The summed E-state index contributed by atoms with van der Waals surface area (Å²) in [7, 11) is 4.00. The van der Waals surface area contributed by atoms with Crippen molar-refractivity contribution in [3.05, 3.63) is 69.4 Å². The molecule has 0 bridgehead atoms. The van der Waals surface area contributed by atoms with E-state index in [0.717, 1.165) is 17.7 Å². The molecule has 5 heteroatoms. The number of benzene rings is 2. The van der Waals surface area contributed by atoms with Crippen LogP contribution in [0.4, 0.5) is 4.39 Å². The van der Waals surface area contributed by atoms with Crippen LogP contribution in [-0.4, -0.2) is 24.9 Å². The molecule has 0 aliphatic heterocycles. The van der Waals surface area contributed by atoms with Crippen molar-refractivity contribution >= 4 is 21.8 Å². The first-order valence-corrected chi connectivity index (χ1v) is 7.71. The maximum absolute atomic E-state index is 13.3. The molecule has 2 rings (SSSR count). The summed E-state index contributed by atoms with van der Waals surface area (Å²) in [5.41, 5.74) is 2.51. The topological polar surface area (TPSA) is 32.3 Å². The summed E-state index contributed by atoms with van der Waals surface area (Å²) in [4.78, 5) is 14.3. The lowest BCUT2D eigenvalue weighted by Crippen LogP contribution is -2.24. The van der Waals surface area contributed by atoms with E-state index in [4.69, 9.17) is 0 Å². The van der Waals surface area contributed by atoms with E-state index in [0.29, 0.717) is 16.6 Å². The number of carbonyl (C=O) groups excluding carboxylic acids is 1. The van der Waals surface area contributed by atoms with Gasteiger partial charge in [0.2, 0.25) is 0 Å². The zero-order valence-corrected chi connectivity index (χ0v) is 14.2. The molecule has 0 unspecified atom stereocenters. The summed E-state index contributed by atoms with van der Waals surface area (Å²) >= 11 is 3.27. The zero-order valence-electron chi connectivity index (χ0n) is 12.6. The van der Waals surface area contributed by atoms with E-state index in [1.807, 2.05) is 38.4 Å². The Kier molecular flexibility index (Phi) is 5.69. The van der Waals surface area contributed by atoms with Gasteiger partial charge in [-0.15, -0.1) is 0 Å². The average Bonchev–Trinajstić information content (AvgIpc) is 2.48. The maximum Gasteiger partial charge on any atom is 0.252 e. The third kappa shape index (κ3) is 4.39. The number of hydrogen-bond donors (Lipinski definition) is 1. The summed E-state index contributed by atoms with van der Waals surface area (Å²) < 4.78 is 13.8. The van der Waals surface area contributed by atoms with Crippen molar-refractivity contribution in [3.8, 4) is 0 Å². The van der Waals surface area contributed by atoms with Crippen LogP contribution in [0, 0.1) is 5.82 Å². The molecule has 0 aliphatic rings. The van der Waals surface area contributed by atoms with E-state index in [-0.39, 0.29) is 5.91 Å². The molecule has 1 amide bonds. The minimum absolute atomic E-state index is 0.296. The predicted octanol–water partition coefficient (Wildman–Crippen LogP) is 3.58. The quantitative estimate of drug-likeness (QED) is 0.879. The van der Waals surface area contributed by atoms with Crippen LogP contribution in [-0.2, 0) is 13.1 Å². The molecule has 2 aromatic carbocycles. The van der Waals surface area contributed by atoms with Crippen LogP contribution < -0.4 is 5.32 Å². The van der Waals surface area contributed by atoms with Gasteiger partial charge in [-0.1, -0.05) is 24.3 Å². The Morgan fingerprint density at radius 3 is 2.55 bits per heavy atom. The number of halogens is 2. The molecular formula is C17H18BrFN2O. The maximum atomic E-state index is 13.3. The summed E-state index contributed by atoms with van der Waals surface area (Å²) in [6, 6.07) is 12.0. The minimum atomic E-state index is -0.429. The van der Waals surface area contributed by atoms with E-state index in [1.54, 1.807) is 0 Å². The molecule has 3 nitrogen and oxygen atoms in total. The predicted molar refractivity (Wildman–Crippen MR) is 89.1 cm³/mol. The molecule has 0 radical (unpaired) electrons. The van der Waals surface area contributed by atoms with Crippen molar-refractivity contribution in [1.29, 1.82) is 0 Å². The van der Waals surface area contributed by atoms with Crippen molar-refractivity contribution in [2.24, 2.45) is 0 Å². The lowest BCUT2D eigenvalue weighted by atomic mass is 10.1. The van der Waals surface area contributed by atoms with Gasteiger partial charge >= 0.3 is 0 Å². The summed E-state index contributed by atoms with van der Waals surface area (Å²) in [5.74, 6) is -0.729. The largest absolute Gasteiger partial charge is 0.348 e. The molecule has 0 fully saturated rings. The molecule has 22 heavy (non-hydrogen) atoms. The Bertz CT molecular complexity index is 673. The Hall–Kier alpha value is -1.72. The van der Waals surface area contributed by atoms with Crippen LogP contribution in [0.2, 0.25) is 0 Å². The van der Waals surface area contributed by atoms with Gasteiger partial charge in [0.15, 0.2) is 0 Å². The Morgan fingerprint density at radius 2 is 1.86 bits per heavy atom. The Balaban J connectivity index is 2.10. The average molecular weight is 365 g/mol. The smallest absolute Gasteiger partial charge is 0.252 e. The van der Waals surface area contributed by atoms with Gasteiger partial charge in [-0.2, -0.15) is 0 Å². The molecule has 0 heterocycles. The van der Waals surface area contributed by atoms with E-state index < -0.39 is 5.82 Å². The molecule has 0 saturated carbocycles. The molecule has 116 valence electrons. The Labute approximate surface area is 138 Å². The van der Waals surface area contributed by atoms with Gasteiger partial charge in [0.1, 0.15) is 5.82 Å². The first-order chi connectivity index (χ1) is 10.5. The number of nitrogens with zero attached hydrogens (tertiary/aromatic N) is 1. The summed E-state index contributed by atoms with van der Waals surface area (Å²) in [6.45, 7) is 1.21. The molecular weight excluding hydrogens is 347 g/mol. The lowest BCUT2D eigenvalue weighted by Gasteiger charge is -2.15. The van der Waals surface area contributed by atoms with Crippen molar-refractivity contribution in [2.75, 3.05) is 14.1 Å². The summed E-state index contributed by atoms with van der Waals surface area (Å²) in [5, 5.41) is 2.84. The summed E-state index contributed by atoms with van der Waals surface area (Å²) in [6.07, 6.45) is 0. The van der Waals surface area contributed by atoms with Crippen LogP contribution in [0.15, 0.2) is 46.9 Å². The normalized spacial score (nSPS) is 10.8. The highest BCUT2D eigenvalue weighted by Crippen LogP contribution is 2.18. The number of amides is 1. The van der Waals surface area contributed by atoms with Crippen LogP contribution in [0.3, 0.4) is 0 Å². The van der Waals surface area contributed by atoms with Crippen LogP contribution >= 0.6 is 15.9 Å². The van der Waals surface area contributed by atoms with E-state index in [9.17, 15) is 9.18 Å². The fraction of sp³-hybridized carbons (Fsp3) is 0.235. The van der Waals surface area contributed by atoms with Gasteiger partial charge in [-0.25, -0.2) is 4.39 Å². The lowest BCUT2D eigenvalue weighted by molar-refractivity contribution is 0.0949. The second-order valence-electron chi connectivity index (χ2n) is 5.31. The van der Waals surface area contributed by atoms with E-state index >= 15 is 0 Å². The van der Waals surface area contributed by atoms with Crippen molar-refractivity contribution < 1.29 is 9.18 Å². The first-order valence-electron chi connectivity index (χ1n) is 6.92. The van der Waals surface area contributed by atoms with Gasteiger partial charge < -0.3 is 10.2 Å². The monoisotopic (exact) mass is 364 g/mol. The Morgan fingerprint density at radius 1 is 1.18 bits per heavy atom. The number of carbonyl (C=O) groups is 1. The van der Waals surface area contributed by atoms with Crippen LogP contribution in [0.5, 0.6) is 0 Å². The third-order valence-electron chi connectivity index (χ3n) is 3.22. The van der Waals surface area contributed by atoms with Crippen molar-refractivity contribution in [2.45, 2.75) is 13.1 Å². The van der Waals surface area contributed by atoms with Gasteiger partial charge in [-0.05, 0) is 59.4 Å². The standard InChI is InChI=1S/C17H18BrFN2O/c1-21(2)11-13-6-4-3-5-12(13)10-20-17(22)15-9-14(19)7-8-16(15)18/h3-9H,10-11H2,1-2H3,(H,20,22). The van der Waals surface area contributed by atoms with Crippen LogP contribution in [0.1, 0.15) is 21.5 Å². The molecule has 0 saturated heterocycles. The molecule has 1 N–H and O–H groups in total. The minimum Gasteiger partial charge on any atom is -0.348 e. The van der Waals surface area contributed by atoms with Crippen molar-refractivity contribution in [3.63, 3.8) is 0 Å². The first kappa shape index (κ1) is 16.6. The van der Waals surface area contributed by atoms with Gasteiger partial charge in [0, 0.05) is 17.6 Å². The van der Waals surface area contributed by atoms with Gasteiger partial charge in [-0.3, -0.25) is 4.79 Å². The number of hydrogen-bond acceptors (Lipinski definition) is 2. The van der Waals surface area contributed by atoms with Gasteiger partial charge in [0.25, 0.3) is 5.91 Å². The molecule has 0 spiro atoms. The molecule has 0 atom stereocenters. The number of nitrogens with one attached hydrogen (secondary N) is 1. The number of rotatable bonds is 5. The highest BCUT2D eigenvalue weighted by atomic mass is 79.9. The van der Waals surface area contributed by atoms with E-state index in [1.165, 1.54) is 18.2 Å². The SMILES string of the molecule is CN(C)Cc1ccccc1CNC(=O)c1cc(F)ccc1Br. The highest BCUT2D eigenvalue weighted by Gasteiger charge is 2.12. The molecule has 0 aliphatic carbocycles. The fourth-order valence-electron chi connectivity index (χ4n) is 2.17. The van der Waals surface area contributed by atoms with E-state index in [2.05, 4.69) is 26.1 Å².